The SMILES string of the molecule is CC(C)(C)OC(=O)N1CCCCC(C(=O)OCCl)C1. The molecule has 6 heteroatoms. The molecule has 1 atom stereocenters. The molecule has 1 rings (SSSR count). The van der Waals surface area contributed by atoms with Crippen LogP contribution in [0.1, 0.15) is 40.0 Å². The molecule has 5 nitrogen and oxygen atoms in total. The number of amides is 1. The molecule has 1 aliphatic rings. The highest BCUT2D eigenvalue weighted by molar-refractivity contribution is 6.17. The molecule has 1 heterocycles. The minimum Gasteiger partial charge on any atom is -0.449 e. The lowest BCUT2D eigenvalue weighted by Gasteiger charge is -2.27. The van der Waals surface area contributed by atoms with Crippen LogP contribution in [0.2, 0.25) is 0 Å². The molecule has 0 aromatic heterocycles. The molecule has 0 bridgehead atoms. The van der Waals surface area contributed by atoms with Gasteiger partial charge in [-0.1, -0.05) is 18.0 Å². The Morgan fingerprint density at radius 3 is 2.58 bits per heavy atom. The summed E-state index contributed by atoms with van der Waals surface area (Å²) in [5.74, 6) is -0.653. The van der Waals surface area contributed by atoms with Crippen molar-refractivity contribution in [1.82, 2.24) is 4.90 Å². The van der Waals surface area contributed by atoms with Crippen molar-refractivity contribution in [3.63, 3.8) is 0 Å². The predicted octanol–water partition coefficient (Wildman–Crippen LogP) is 2.76. The van der Waals surface area contributed by atoms with E-state index in [1.807, 2.05) is 20.8 Å². The van der Waals surface area contributed by atoms with Crippen molar-refractivity contribution in [3.05, 3.63) is 0 Å². The van der Waals surface area contributed by atoms with Crippen LogP contribution in [-0.4, -0.2) is 41.7 Å². The summed E-state index contributed by atoms with van der Waals surface area (Å²) >= 11 is 5.39. The van der Waals surface area contributed by atoms with Crippen LogP contribution in [-0.2, 0) is 14.3 Å². The van der Waals surface area contributed by atoms with E-state index < -0.39 is 5.60 Å². The number of alkyl halides is 1. The second kappa shape index (κ2) is 6.98. The second-order valence-corrected chi connectivity index (χ2v) is 5.91. The molecular weight excluding hydrogens is 270 g/mol. The molecule has 1 unspecified atom stereocenters. The van der Waals surface area contributed by atoms with Crippen LogP contribution in [0, 0.1) is 5.92 Å². The molecule has 0 aromatic carbocycles. The van der Waals surface area contributed by atoms with E-state index in [9.17, 15) is 9.59 Å². The fourth-order valence-corrected chi connectivity index (χ4v) is 2.11. The molecule has 110 valence electrons. The van der Waals surface area contributed by atoms with E-state index in [2.05, 4.69) is 0 Å². The zero-order valence-corrected chi connectivity index (χ0v) is 12.5. The average Bonchev–Trinajstić information content (AvgIpc) is 2.52. The number of halogens is 1. The molecule has 0 aliphatic carbocycles. The number of ether oxygens (including phenoxy) is 2. The maximum atomic E-state index is 12.0. The normalized spacial score (nSPS) is 20.6. The van der Waals surface area contributed by atoms with Gasteiger partial charge in [-0.05, 0) is 33.6 Å². The van der Waals surface area contributed by atoms with Gasteiger partial charge in [-0.2, -0.15) is 0 Å². The van der Waals surface area contributed by atoms with Crippen LogP contribution in [0.15, 0.2) is 0 Å². The zero-order chi connectivity index (χ0) is 14.5. The first kappa shape index (κ1) is 16.1. The minimum absolute atomic E-state index is 0.151. The summed E-state index contributed by atoms with van der Waals surface area (Å²) in [7, 11) is 0. The van der Waals surface area contributed by atoms with Gasteiger partial charge in [0, 0.05) is 13.1 Å². The Labute approximate surface area is 119 Å². The standard InChI is InChI=1S/C13H22ClNO4/c1-13(2,3)19-12(17)15-7-5-4-6-10(8-15)11(16)18-9-14/h10H,4-9H2,1-3H3. The van der Waals surface area contributed by atoms with Crippen molar-refractivity contribution in [2.75, 3.05) is 19.2 Å². The zero-order valence-electron chi connectivity index (χ0n) is 11.8. The third kappa shape index (κ3) is 5.68. The van der Waals surface area contributed by atoms with Crippen LogP contribution < -0.4 is 0 Å². The number of nitrogens with zero attached hydrogens (tertiary/aromatic N) is 1. The van der Waals surface area contributed by atoms with Crippen molar-refractivity contribution < 1.29 is 19.1 Å². The maximum Gasteiger partial charge on any atom is 0.410 e. The largest absolute Gasteiger partial charge is 0.449 e. The first-order valence-corrected chi connectivity index (χ1v) is 7.07. The Morgan fingerprint density at radius 1 is 1.32 bits per heavy atom. The molecule has 19 heavy (non-hydrogen) atoms. The molecule has 1 aliphatic heterocycles. The summed E-state index contributed by atoms with van der Waals surface area (Å²) in [6, 6.07) is -0.151. The first-order valence-electron chi connectivity index (χ1n) is 6.54. The lowest BCUT2D eigenvalue weighted by Crippen LogP contribution is -2.40. The van der Waals surface area contributed by atoms with Gasteiger partial charge in [0.25, 0.3) is 0 Å². The summed E-state index contributed by atoms with van der Waals surface area (Å²) in [6.07, 6.45) is 2.10. The Bertz CT molecular complexity index is 327. The number of hydrogen-bond donors (Lipinski definition) is 0. The van der Waals surface area contributed by atoms with E-state index in [0.29, 0.717) is 13.1 Å². The monoisotopic (exact) mass is 291 g/mol. The van der Waals surface area contributed by atoms with E-state index in [-0.39, 0.29) is 24.0 Å². The molecule has 0 N–H and O–H groups in total. The molecule has 0 aromatic rings. The van der Waals surface area contributed by atoms with Crippen molar-refractivity contribution in [3.8, 4) is 0 Å². The van der Waals surface area contributed by atoms with Crippen molar-refractivity contribution in [1.29, 1.82) is 0 Å². The molecule has 0 spiro atoms. The van der Waals surface area contributed by atoms with Gasteiger partial charge in [-0.25, -0.2) is 4.79 Å². The van der Waals surface area contributed by atoms with Gasteiger partial charge in [-0.3, -0.25) is 4.79 Å². The Morgan fingerprint density at radius 2 is 2.00 bits per heavy atom. The number of rotatable bonds is 2. The van der Waals surface area contributed by atoms with Gasteiger partial charge in [0.15, 0.2) is 6.07 Å². The fourth-order valence-electron chi connectivity index (χ4n) is 2.00. The lowest BCUT2D eigenvalue weighted by atomic mass is 10.0. The summed E-state index contributed by atoms with van der Waals surface area (Å²) in [5, 5.41) is 0. The van der Waals surface area contributed by atoms with E-state index >= 15 is 0 Å². The number of likely N-dealkylation sites (tertiary alicyclic amines) is 1. The number of carbonyl (C=O) groups is 2. The van der Waals surface area contributed by atoms with E-state index in [4.69, 9.17) is 21.1 Å². The highest BCUT2D eigenvalue weighted by atomic mass is 35.5. The van der Waals surface area contributed by atoms with Crippen LogP contribution >= 0.6 is 11.6 Å². The van der Waals surface area contributed by atoms with Gasteiger partial charge in [0.2, 0.25) is 0 Å². The topological polar surface area (TPSA) is 55.8 Å². The summed E-state index contributed by atoms with van der Waals surface area (Å²) in [5.41, 5.74) is -0.532. The molecule has 1 fully saturated rings. The van der Waals surface area contributed by atoms with Crippen molar-refractivity contribution in [2.24, 2.45) is 5.92 Å². The summed E-state index contributed by atoms with van der Waals surface area (Å²) in [6.45, 7) is 6.41. The van der Waals surface area contributed by atoms with E-state index in [1.54, 1.807) is 4.90 Å². The third-order valence-electron chi connectivity index (χ3n) is 2.85. The van der Waals surface area contributed by atoms with Crippen LogP contribution in [0.3, 0.4) is 0 Å². The van der Waals surface area contributed by atoms with Crippen molar-refractivity contribution in [2.45, 2.75) is 45.6 Å². The van der Waals surface area contributed by atoms with Gasteiger partial charge in [0.05, 0.1) is 5.92 Å². The number of carbonyl (C=O) groups excluding carboxylic acids is 2. The predicted molar refractivity (Wildman–Crippen MR) is 72.0 cm³/mol. The molecule has 0 saturated carbocycles. The van der Waals surface area contributed by atoms with Crippen LogP contribution in [0.25, 0.3) is 0 Å². The smallest absolute Gasteiger partial charge is 0.410 e. The Hall–Kier alpha value is -0.970. The van der Waals surface area contributed by atoms with Gasteiger partial charge >= 0.3 is 12.1 Å². The summed E-state index contributed by atoms with van der Waals surface area (Å²) < 4.78 is 10.1. The first-order chi connectivity index (χ1) is 8.83. The average molecular weight is 292 g/mol. The highest BCUT2D eigenvalue weighted by Gasteiger charge is 2.30. The van der Waals surface area contributed by atoms with E-state index in [1.165, 1.54) is 0 Å². The van der Waals surface area contributed by atoms with Crippen LogP contribution in [0.4, 0.5) is 4.79 Å². The van der Waals surface area contributed by atoms with Crippen LogP contribution in [0.5, 0.6) is 0 Å². The number of hydrogen-bond acceptors (Lipinski definition) is 4. The quantitative estimate of drug-likeness (QED) is 0.580. The number of esters is 1. The molecule has 1 saturated heterocycles. The molecule has 0 radical (unpaired) electrons. The lowest BCUT2D eigenvalue weighted by molar-refractivity contribution is -0.147. The minimum atomic E-state index is -0.532. The highest BCUT2D eigenvalue weighted by Crippen LogP contribution is 2.20. The van der Waals surface area contributed by atoms with Gasteiger partial charge < -0.3 is 14.4 Å². The van der Waals surface area contributed by atoms with Gasteiger partial charge in [0.1, 0.15) is 5.60 Å². The fraction of sp³-hybridized carbons (Fsp3) is 0.846. The van der Waals surface area contributed by atoms with Gasteiger partial charge in [-0.15, -0.1) is 0 Å². The Kier molecular flexibility index (Phi) is 5.91. The van der Waals surface area contributed by atoms with Crippen molar-refractivity contribution >= 4 is 23.7 Å². The maximum absolute atomic E-state index is 12.0. The second-order valence-electron chi connectivity index (χ2n) is 5.69. The van der Waals surface area contributed by atoms with E-state index in [0.717, 1.165) is 19.3 Å². The summed E-state index contributed by atoms with van der Waals surface area (Å²) in [4.78, 5) is 25.3. The Balaban J connectivity index is 2.63. The molecular formula is C13H22ClNO4. The molecule has 1 amide bonds. The third-order valence-corrected chi connectivity index (χ3v) is 2.96.